The van der Waals surface area contributed by atoms with E-state index in [-0.39, 0.29) is 24.7 Å². The Morgan fingerprint density at radius 3 is 2.22 bits per heavy atom. The molecule has 0 rings (SSSR count). The molecule has 18 heavy (non-hydrogen) atoms. The summed E-state index contributed by atoms with van der Waals surface area (Å²) >= 11 is 0. The third-order valence-corrected chi connectivity index (χ3v) is 2.46. The van der Waals surface area contributed by atoms with Crippen LogP contribution in [0.3, 0.4) is 0 Å². The number of rotatable bonds is 11. The lowest BCUT2D eigenvalue weighted by molar-refractivity contribution is -0.125. The van der Waals surface area contributed by atoms with Gasteiger partial charge in [-0.2, -0.15) is 0 Å². The van der Waals surface area contributed by atoms with Crippen molar-refractivity contribution in [1.82, 2.24) is 0 Å². The third kappa shape index (κ3) is 9.23. The molecule has 3 N–H and O–H groups in total. The Bertz CT molecular complexity index is 227. The van der Waals surface area contributed by atoms with Gasteiger partial charge in [0.15, 0.2) is 11.6 Å². The maximum absolute atomic E-state index is 10.9. The van der Waals surface area contributed by atoms with E-state index in [1.807, 2.05) is 6.92 Å². The summed E-state index contributed by atoms with van der Waals surface area (Å²) < 4.78 is 5.17. The first-order valence-electron chi connectivity index (χ1n) is 6.00. The Balaban J connectivity index is 3.54. The zero-order chi connectivity index (χ0) is 14.0. The second-order valence-electron chi connectivity index (χ2n) is 4.42. The van der Waals surface area contributed by atoms with Crippen LogP contribution in [0, 0.1) is 5.92 Å². The SMILES string of the molecule is CC(CCOCC(O)CC(=O)CO)CC(=O)CO. The number of ether oxygens (including phenoxy) is 1. The largest absolute Gasteiger partial charge is 0.390 e. The van der Waals surface area contributed by atoms with Crippen LogP contribution in [0.25, 0.3) is 0 Å². The van der Waals surface area contributed by atoms with Gasteiger partial charge in [0.05, 0.1) is 12.7 Å². The van der Waals surface area contributed by atoms with Crippen LogP contribution in [0.1, 0.15) is 26.2 Å². The minimum atomic E-state index is -0.904. The molecule has 0 amide bonds. The maximum atomic E-state index is 10.9. The zero-order valence-electron chi connectivity index (χ0n) is 10.7. The van der Waals surface area contributed by atoms with Crippen LogP contribution in [-0.4, -0.2) is 59.4 Å². The molecular formula is C12H22O6. The van der Waals surface area contributed by atoms with Crippen LogP contribution in [0.4, 0.5) is 0 Å². The topological polar surface area (TPSA) is 104 Å². The van der Waals surface area contributed by atoms with Gasteiger partial charge in [-0.15, -0.1) is 0 Å². The van der Waals surface area contributed by atoms with Crippen molar-refractivity contribution >= 4 is 11.6 Å². The Morgan fingerprint density at radius 2 is 1.67 bits per heavy atom. The third-order valence-electron chi connectivity index (χ3n) is 2.46. The zero-order valence-corrected chi connectivity index (χ0v) is 10.7. The van der Waals surface area contributed by atoms with Gasteiger partial charge >= 0.3 is 0 Å². The van der Waals surface area contributed by atoms with Crippen molar-refractivity contribution in [3.8, 4) is 0 Å². The minimum absolute atomic E-state index is 0.0341. The van der Waals surface area contributed by atoms with Crippen LogP contribution in [0.5, 0.6) is 0 Å². The molecule has 106 valence electrons. The summed E-state index contributed by atoms with van der Waals surface area (Å²) in [6, 6.07) is 0. The monoisotopic (exact) mass is 262 g/mol. The fourth-order valence-corrected chi connectivity index (χ4v) is 1.45. The number of hydrogen-bond acceptors (Lipinski definition) is 6. The van der Waals surface area contributed by atoms with Crippen molar-refractivity contribution in [3.63, 3.8) is 0 Å². The van der Waals surface area contributed by atoms with E-state index in [4.69, 9.17) is 14.9 Å². The lowest BCUT2D eigenvalue weighted by Crippen LogP contribution is -2.22. The quantitative estimate of drug-likeness (QED) is 0.425. The number of aliphatic hydroxyl groups is 3. The minimum Gasteiger partial charge on any atom is -0.390 e. The molecular weight excluding hydrogens is 240 g/mol. The Kier molecular flexibility index (Phi) is 9.67. The second-order valence-corrected chi connectivity index (χ2v) is 4.42. The summed E-state index contributed by atoms with van der Waals surface area (Å²) in [5, 5.41) is 26.4. The molecule has 0 saturated carbocycles. The summed E-state index contributed by atoms with van der Waals surface area (Å²) in [6.07, 6.45) is -0.0635. The van der Waals surface area contributed by atoms with E-state index in [0.717, 1.165) is 0 Å². The molecule has 0 heterocycles. The summed E-state index contributed by atoms with van der Waals surface area (Å²) in [4.78, 5) is 21.7. The first-order valence-corrected chi connectivity index (χ1v) is 6.00. The molecule has 0 radical (unpaired) electrons. The van der Waals surface area contributed by atoms with E-state index >= 15 is 0 Å². The molecule has 0 bridgehead atoms. The highest BCUT2D eigenvalue weighted by Gasteiger charge is 2.11. The van der Waals surface area contributed by atoms with E-state index in [0.29, 0.717) is 19.4 Å². The van der Waals surface area contributed by atoms with Gasteiger partial charge in [-0.25, -0.2) is 0 Å². The van der Waals surface area contributed by atoms with Crippen LogP contribution < -0.4 is 0 Å². The summed E-state index contributed by atoms with van der Waals surface area (Å²) in [5.74, 6) is -0.509. The summed E-state index contributed by atoms with van der Waals surface area (Å²) in [7, 11) is 0. The van der Waals surface area contributed by atoms with Crippen LogP contribution in [-0.2, 0) is 14.3 Å². The molecule has 0 saturated heterocycles. The van der Waals surface area contributed by atoms with Crippen LogP contribution in [0.2, 0.25) is 0 Å². The number of aliphatic hydroxyl groups excluding tert-OH is 3. The standard InChI is InChI=1S/C12H22O6/c1-9(4-10(15)6-13)2-3-18-8-12(17)5-11(16)7-14/h9,12-14,17H,2-8H2,1H3. The van der Waals surface area contributed by atoms with Crippen LogP contribution in [0.15, 0.2) is 0 Å². The molecule has 0 aromatic carbocycles. The van der Waals surface area contributed by atoms with Crippen molar-refractivity contribution in [2.75, 3.05) is 26.4 Å². The second kappa shape index (κ2) is 10.1. The number of hydrogen-bond donors (Lipinski definition) is 3. The first-order chi connectivity index (χ1) is 8.49. The number of ketones is 2. The molecule has 2 atom stereocenters. The lowest BCUT2D eigenvalue weighted by atomic mass is 10.0. The van der Waals surface area contributed by atoms with Gasteiger partial charge in [0.25, 0.3) is 0 Å². The molecule has 0 aromatic rings. The average molecular weight is 262 g/mol. The smallest absolute Gasteiger partial charge is 0.160 e. The average Bonchev–Trinajstić information content (AvgIpc) is 2.34. The van der Waals surface area contributed by atoms with Gasteiger partial charge < -0.3 is 20.1 Å². The van der Waals surface area contributed by atoms with E-state index < -0.39 is 25.1 Å². The molecule has 0 spiro atoms. The summed E-state index contributed by atoms with van der Waals surface area (Å²) in [5.41, 5.74) is 0. The normalized spacial score (nSPS) is 14.2. The number of carbonyl (C=O) groups excluding carboxylic acids is 2. The predicted octanol–water partition coefficient (Wildman–Crippen LogP) is -0.707. The van der Waals surface area contributed by atoms with E-state index in [1.165, 1.54) is 0 Å². The van der Waals surface area contributed by atoms with Gasteiger partial charge in [0, 0.05) is 19.4 Å². The number of Topliss-reactive ketones (excluding diaryl/α,β-unsaturated/α-hetero) is 2. The van der Waals surface area contributed by atoms with Gasteiger partial charge in [0.1, 0.15) is 13.2 Å². The molecule has 0 aliphatic carbocycles. The fraction of sp³-hybridized carbons (Fsp3) is 0.833. The Hall–Kier alpha value is -0.820. The van der Waals surface area contributed by atoms with Gasteiger partial charge in [-0.1, -0.05) is 6.92 Å². The van der Waals surface area contributed by atoms with Gasteiger partial charge in [-0.05, 0) is 12.3 Å². The van der Waals surface area contributed by atoms with E-state index in [1.54, 1.807) is 0 Å². The van der Waals surface area contributed by atoms with E-state index in [2.05, 4.69) is 0 Å². The molecule has 6 heteroatoms. The molecule has 0 aromatic heterocycles. The number of carbonyl (C=O) groups is 2. The highest BCUT2D eigenvalue weighted by Crippen LogP contribution is 2.08. The highest BCUT2D eigenvalue weighted by atomic mass is 16.5. The van der Waals surface area contributed by atoms with Crippen molar-refractivity contribution in [3.05, 3.63) is 0 Å². The Morgan fingerprint density at radius 1 is 1.11 bits per heavy atom. The molecule has 0 aliphatic heterocycles. The highest BCUT2D eigenvalue weighted by molar-refractivity contribution is 5.80. The van der Waals surface area contributed by atoms with Crippen molar-refractivity contribution in [2.45, 2.75) is 32.3 Å². The molecule has 0 fully saturated rings. The lowest BCUT2D eigenvalue weighted by Gasteiger charge is -2.12. The summed E-state index contributed by atoms with van der Waals surface area (Å²) in [6.45, 7) is 1.28. The Labute approximate surface area is 107 Å². The first kappa shape index (κ1) is 17.2. The van der Waals surface area contributed by atoms with Crippen molar-refractivity contribution in [2.24, 2.45) is 5.92 Å². The van der Waals surface area contributed by atoms with Gasteiger partial charge in [-0.3, -0.25) is 9.59 Å². The maximum Gasteiger partial charge on any atom is 0.160 e. The van der Waals surface area contributed by atoms with Crippen molar-refractivity contribution in [1.29, 1.82) is 0 Å². The molecule has 0 aliphatic rings. The molecule has 2 unspecified atom stereocenters. The van der Waals surface area contributed by atoms with Gasteiger partial charge in [0.2, 0.25) is 0 Å². The predicted molar refractivity (Wildman–Crippen MR) is 64.0 cm³/mol. The van der Waals surface area contributed by atoms with Crippen LogP contribution >= 0.6 is 0 Å². The van der Waals surface area contributed by atoms with Crippen molar-refractivity contribution < 1.29 is 29.6 Å². The molecule has 6 nitrogen and oxygen atoms in total. The van der Waals surface area contributed by atoms with E-state index in [9.17, 15) is 14.7 Å². The fourth-order valence-electron chi connectivity index (χ4n) is 1.45.